The number of hydrogen-bond donors (Lipinski definition) is 2. The normalized spacial score (nSPS) is 25.8. The zero-order chi connectivity index (χ0) is 11.2. The van der Waals surface area contributed by atoms with Crippen molar-refractivity contribution in [1.82, 2.24) is 10.3 Å². The van der Waals surface area contributed by atoms with Gasteiger partial charge in [-0.1, -0.05) is 12.8 Å². The predicted molar refractivity (Wildman–Crippen MR) is 60.7 cm³/mol. The van der Waals surface area contributed by atoms with Crippen LogP contribution in [0.4, 0.5) is 0 Å². The fourth-order valence-electron chi connectivity index (χ4n) is 2.50. The number of rotatable bonds is 5. The zero-order valence-electron chi connectivity index (χ0n) is 9.56. The molecule has 2 N–H and O–H groups in total. The summed E-state index contributed by atoms with van der Waals surface area (Å²) >= 11 is 0. The van der Waals surface area contributed by atoms with Crippen molar-refractivity contribution in [1.29, 1.82) is 0 Å². The number of aliphatic hydroxyl groups excluding tert-OH is 1. The smallest absolute Gasteiger partial charge is 0.180 e. The number of nitrogens with zero attached hydrogens (tertiary/aromatic N) is 1. The Hall–Kier alpha value is -0.870. The molecule has 1 fully saturated rings. The molecule has 0 aliphatic heterocycles. The van der Waals surface area contributed by atoms with E-state index in [0.717, 1.165) is 18.8 Å². The summed E-state index contributed by atoms with van der Waals surface area (Å²) in [5, 5.41) is 12.7. The third kappa shape index (κ3) is 3.06. The maximum atomic E-state index is 9.29. The molecule has 1 aromatic rings. The third-order valence-electron chi connectivity index (χ3n) is 3.49. The molecule has 4 heteroatoms. The van der Waals surface area contributed by atoms with Gasteiger partial charge in [-0.3, -0.25) is 0 Å². The van der Waals surface area contributed by atoms with E-state index >= 15 is 0 Å². The van der Waals surface area contributed by atoms with Crippen molar-refractivity contribution >= 4 is 0 Å². The maximum Gasteiger partial charge on any atom is 0.180 e. The van der Waals surface area contributed by atoms with Gasteiger partial charge in [-0.05, 0) is 31.2 Å². The summed E-state index contributed by atoms with van der Waals surface area (Å²) in [5.41, 5.74) is 0. The lowest BCUT2D eigenvalue weighted by molar-refractivity contribution is 0.132. The lowest BCUT2D eigenvalue weighted by Gasteiger charge is -2.30. The van der Waals surface area contributed by atoms with E-state index < -0.39 is 0 Å². The Labute approximate surface area is 96.1 Å². The first-order valence-electron chi connectivity index (χ1n) is 6.09. The Balaban J connectivity index is 1.71. The lowest BCUT2D eigenvalue weighted by atomic mass is 9.79. The number of nitrogens with one attached hydrogen (secondary N) is 1. The standard InChI is InChI=1S/C12H20N2O2/c15-8-11-4-2-1-3-10(11)5-13-6-12-7-14-9-16-12/h7,9-11,13,15H,1-6,8H2. The first-order chi connectivity index (χ1) is 7.90. The second-order valence-electron chi connectivity index (χ2n) is 4.59. The van der Waals surface area contributed by atoms with Crippen LogP contribution in [0, 0.1) is 11.8 Å². The molecule has 1 aromatic heterocycles. The molecule has 1 saturated carbocycles. The summed E-state index contributed by atoms with van der Waals surface area (Å²) in [7, 11) is 0. The largest absolute Gasteiger partial charge is 0.447 e. The Morgan fingerprint density at radius 1 is 1.38 bits per heavy atom. The second-order valence-corrected chi connectivity index (χ2v) is 4.59. The van der Waals surface area contributed by atoms with Gasteiger partial charge >= 0.3 is 0 Å². The van der Waals surface area contributed by atoms with Gasteiger partial charge in [0.05, 0.1) is 12.7 Å². The van der Waals surface area contributed by atoms with Crippen LogP contribution in [0.3, 0.4) is 0 Å². The minimum Gasteiger partial charge on any atom is -0.447 e. The molecular weight excluding hydrogens is 204 g/mol. The lowest BCUT2D eigenvalue weighted by Crippen LogP contribution is -2.32. The fourth-order valence-corrected chi connectivity index (χ4v) is 2.50. The van der Waals surface area contributed by atoms with Crippen LogP contribution in [0.1, 0.15) is 31.4 Å². The van der Waals surface area contributed by atoms with Crippen LogP contribution in [0.2, 0.25) is 0 Å². The molecular formula is C12H20N2O2. The Bertz CT molecular complexity index is 287. The molecule has 1 heterocycles. The van der Waals surface area contributed by atoms with E-state index in [1.54, 1.807) is 6.20 Å². The van der Waals surface area contributed by atoms with Crippen molar-refractivity contribution in [2.45, 2.75) is 32.2 Å². The van der Waals surface area contributed by atoms with Crippen LogP contribution in [0.15, 0.2) is 17.0 Å². The molecule has 0 spiro atoms. The van der Waals surface area contributed by atoms with Crippen molar-refractivity contribution in [3.8, 4) is 0 Å². The van der Waals surface area contributed by atoms with Gasteiger partial charge in [0.1, 0.15) is 5.76 Å². The average molecular weight is 224 g/mol. The van der Waals surface area contributed by atoms with Gasteiger partial charge in [-0.25, -0.2) is 4.98 Å². The predicted octanol–water partition coefficient (Wildman–Crippen LogP) is 1.56. The summed E-state index contributed by atoms with van der Waals surface area (Å²) in [6.45, 7) is 2.02. The van der Waals surface area contributed by atoms with Crippen molar-refractivity contribution in [3.05, 3.63) is 18.4 Å². The summed E-state index contributed by atoms with van der Waals surface area (Å²) in [5.74, 6) is 1.97. The first-order valence-corrected chi connectivity index (χ1v) is 6.09. The molecule has 2 unspecified atom stereocenters. The van der Waals surface area contributed by atoms with Gasteiger partial charge in [-0.15, -0.1) is 0 Å². The molecule has 0 radical (unpaired) electrons. The molecule has 1 aliphatic rings. The van der Waals surface area contributed by atoms with Gasteiger partial charge < -0.3 is 14.8 Å². The molecule has 0 amide bonds. The quantitative estimate of drug-likeness (QED) is 0.797. The molecule has 90 valence electrons. The van der Waals surface area contributed by atoms with Crippen molar-refractivity contribution in [2.75, 3.05) is 13.2 Å². The van der Waals surface area contributed by atoms with Gasteiger partial charge in [0.15, 0.2) is 6.39 Å². The van der Waals surface area contributed by atoms with E-state index in [-0.39, 0.29) is 0 Å². The number of hydrogen-bond acceptors (Lipinski definition) is 4. The Morgan fingerprint density at radius 3 is 2.88 bits per heavy atom. The molecule has 2 atom stereocenters. The van der Waals surface area contributed by atoms with Crippen LogP contribution >= 0.6 is 0 Å². The van der Waals surface area contributed by atoms with Crippen LogP contribution < -0.4 is 5.32 Å². The van der Waals surface area contributed by atoms with E-state index in [9.17, 15) is 5.11 Å². The van der Waals surface area contributed by atoms with E-state index in [4.69, 9.17) is 4.42 Å². The van der Waals surface area contributed by atoms with Gasteiger partial charge in [0, 0.05) is 6.61 Å². The Kier molecular flexibility index (Phi) is 4.36. The molecule has 1 aliphatic carbocycles. The van der Waals surface area contributed by atoms with Crippen molar-refractivity contribution in [3.63, 3.8) is 0 Å². The van der Waals surface area contributed by atoms with E-state index in [1.165, 1.54) is 32.1 Å². The maximum absolute atomic E-state index is 9.29. The monoisotopic (exact) mass is 224 g/mol. The minimum atomic E-state index is 0.328. The minimum absolute atomic E-state index is 0.328. The summed E-state index contributed by atoms with van der Waals surface area (Å²) in [6.07, 6.45) is 8.15. The second kappa shape index (κ2) is 6.01. The van der Waals surface area contributed by atoms with E-state index in [2.05, 4.69) is 10.3 Å². The molecule has 0 saturated heterocycles. The summed E-state index contributed by atoms with van der Waals surface area (Å²) in [6, 6.07) is 0. The number of aromatic nitrogens is 1. The zero-order valence-corrected chi connectivity index (χ0v) is 9.56. The number of aliphatic hydroxyl groups is 1. The number of oxazole rings is 1. The highest BCUT2D eigenvalue weighted by Crippen LogP contribution is 2.29. The highest BCUT2D eigenvalue weighted by molar-refractivity contribution is 4.87. The summed E-state index contributed by atoms with van der Waals surface area (Å²) in [4.78, 5) is 3.87. The van der Waals surface area contributed by atoms with Gasteiger partial charge in [0.25, 0.3) is 0 Å². The van der Waals surface area contributed by atoms with E-state index in [1.807, 2.05) is 0 Å². The first kappa shape index (κ1) is 11.6. The molecule has 0 bridgehead atoms. The Morgan fingerprint density at radius 2 is 2.19 bits per heavy atom. The molecule has 2 rings (SSSR count). The highest BCUT2D eigenvalue weighted by atomic mass is 16.3. The van der Waals surface area contributed by atoms with Crippen LogP contribution in [-0.2, 0) is 6.54 Å². The fraction of sp³-hybridized carbons (Fsp3) is 0.750. The van der Waals surface area contributed by atoms with E-state index in [0.29, 0.717) is 18.4 Å². The summed E-state index contributed by atoms with van der Waals surface area (Å²) < 4.78 is 5.15. The van der Waals surface area contributed by atoms with Crippen molar-refractivity contribution in [2.24, 2.45) is 11.8 Å². The van der Waals surface area contributed by atoms with Crippen LogP contribution in [-0.4, -0.2) is 23.2 Å². The van der Waals surface area contributed by atoms with Crippen LogP contribution in [0.5, 0.6) is 0 Å². The van der Waals surface area contributed by atoms with Gasteiger partial charge in [-0.2, -0.15) is 0 Å². The third-order valence-corrected chi connectivity index (χ3v) is 3.49. The molecule has 4 nitrogen and oxygen atoms in total. The van der Waals surface area contributed by atoms with Crippen LogP contribution in [0.25, 0.3) is 0 Å². The van der Waals surface area contributed by atoms with Gasteiger partial charge in [0.2, 0.25) is 0 Å². The molecule has 0 aromatic carbocycles. The molecule has 16 heavy (non-hydrogen) atoms. The SMILES string of the molecule is OCC1CCCCC1CNCc1cnco1. The topological polar surface area (TPSA) is 58.3 Å². The average Bonchev–Trinajstić information content (AvgIpc) is 2.83. The van der Waals surface area contributed by atoms with Crippen molar-refractivity contribution < 1.29 is 9.52 Å². The highest BCUT2D eigenvalue weighted by Gasteiger charge is 2.23.